The van der Waals surface area contributed by atoms with Crippen molar-refractivity contribution < 1.29 is 14.6 Å². The van der Waals surface area contributed by atoms with Crippen LogP contribution in [0, 0.1) is 0 Å². The molecule has 1 unspecified atom stereocenters. The van der Waals surface area contributed by atoms with E-state index in [1.807, 2.05) is 0 Å². The van der Waals surface area contributed by atoms with Gasteiger partial charge < -0.3 is 9.84 Å². The SMILES string of the molecule is CCCCCCCCCCCCCC1=C([Si](C)(C)C(C)(C)C)C(O)OC1=O. The quantitative estimate of drug-likeness (QED) is 0.209. The number of rotatable bonds is 13. The minimum Gasteiger partial charge on any atom is -0.429 e. The number of aliphatic hydroxyl groups is 1. The van der Waals surface area contributed by atoms with Crippen LogP contribution in [0.15, 0.2) is 10.8 Å². The Balaban J connectivity index is 2.38. The fourth-order valence-corrected chi connectivity index (χ4v) is 6.25. The molecule has 3 nitrogen and oxygen atoms in total. The molecule has 158 valence electrons. The van der Waals surface area contributed by atoms with E-state index in [0.29, 0.717) is 0 Å². The summed E-state index contributed by atoms with van der Waals surface area (Å²) in [5.74, 6) is -0.283. The van der Waals surface area contributed by atoms with E-state index in [4.69, 9.17) is 4.74 Å². The highest BCUT2D eigenvalue weighted by Crippen LogP contribution is 2.45. The Kier molecular flexibility index (Phi) is 10.3. The van der Waals surface area contributed by atoms with E-state index in [1.165, 1.54) is 57.8 Å². The molecular weight excluding hydrogens is 352 g/mol. The van der Waals surface area contributed by atoms with Gasteiger partial charge in [0.05, 0.1) is 8.07 Å². The lowest BCUT2D eigenvalue weighted by Crippen LogP contribution is -2.43. The number of unbranched alkanes of at least 4 members (excludes halogenated alkanes) is 10. The summed E-state index contributed by atoms with van der Waals surface area (Å²) in [6.07, 6.45) is 14.0. The van der Waals surface area contributed by atoms with Crippen LogP contribution in [-0.4, -0.2) is 25.4 Å². The van der Waals surface area contributed by atoms with Crippen LogP contribution in [0.3, 0.4) is 0 Å². The van der Waals surface area contributed by atoms with Crippen molar-refractivity contribution >= 4 is 14.0 Å². The molecule has 0 aromatic heterocycles. The number of hydrogen-bond donors (Lipinski definition) is 1. The molecule has 0 aromatic rings. The average molecular weight is 397 g/mol. The van der Waals surface area contributed by atoms with Crippen molar-refractivity contribution in [3.8, 4) is 0 Å². The smallest absolute Gasteiger partial charge is 0.336 e. The van der Waals surface area contributed by atoms with Crippen LogP contribution in [0.4, 0.5) is 0 Å². The lowest BCUT2D eigenvalue weighted by Gasteiger charge is -2.39. The normalized spacial score (nSPS) is 18.3. The molecule has 0 radical (unpaired) electrons. The average Bonchev–Trinajstić information content (AvgIpc) is 2.85. The fraction of sp³-hybridized carbons (Fsp3) is 0.870. The summed E-state index contributed by atoms with van der Waals surface area (Å²) >= 11 is 0. The van der Waals surface area contributed by atoms with E-state index < -0.39 is 14.4 Å². The second-order valence-corrected chi connectivity index (χ2v) is 15.1. The van der Waals surface area contributed by atoms with Gasteiger partial charge in [-0.1, -0.05) is 105 Å². The van der Waals surface area contributed by atoms with Crippen LogP contribution in [-0.2, 0) is 9.53 Å². The molecule has 0 aromatic carbocycles. The first kappa shape index (κ1) is 24.4. The molecule has 0 saturated carbocycles. The Hall–Kier alpha value is -0.613. The molecule has 0 fully saturated rings. The maximum absolute atomic E-state index is 12.3. The molecule has 0 saturated heterocycles. The minimum atomic E-state index is -1.96. The van der Waals surface area contributed by atoms with Crippen molar-refractivity contribution in [2.45, 2.75) is 129 Å². The Morgan fingerprint density at radius 1 is 0.889 bits per heavy atom. The number of ether oxygens (including phenoxy) is 1. The van der Waals surface area contributed by atoms with Crippen LogP contribution < -0.4 is 0 Å². The van der Waals surface area contributed by atoms with E-state index in [0.717, 1.165) is 30.0 Å². The third kappa shape index (κ3) is 7.38. The zero-order valence-corrected chi connectivity index (χ0v) is 19.8. The predicted molar refractivity (Wildman–Crippen MR) is 117 cm³/mol. The van der Waals surface area contributed by atoms with Crippen molar-refractivity contribution in [2.75, 3.05) is 0 Å². The lowest BCUT2D eigenvalue weighted by atomic mass is 10.0. The number of carbonyl (C=O) groups excluding carboxylic acids is 1. The molecule has 1 aliphatic heterocycles. The molecule has 0 aliphatic carbocycles. The Morgan fingerprint density at radius 3 is 1.78 bits per heavy atom. The molecule has 27 heavy (non-hydrogen) atoms. The van der Waals surface area contributed by atoms with Gasteiger partial charge in [0.2, 0.25) is 6.29 Å². The summed E-state index contributed by atoms with van der Waals surface area (Å²) in [5.41, 5.74) is 0.782. The topological polar surface area (TPSA) is 46.5 Å². The van der Waals surface area contributed by atoms with Gasteiger partial charge in [0.25, 0.3) is 0 Å². The van der Waals surface area contributed by atoms with Gasteiger partial charge in [0.1, 0.15) is 0 Å². The third-order valence-corrected chi connectivity index (χ3v) is 12.3. The van der Waals surface area contributed by atoms with Crippen molar-refractivity contribution in [1.29, 1.82) is 0 Å². The first-order chi connectivity index (χ1) is 12.6. The van der Waals surface area contributed by atoms with Crippen molar-refractivity contribution in [1.82, 2.24) is 0 Å². The summed E-state index contributed by atoms with van der Waals surface area (Å²) in [7, 11) is -1.96. The molecule has 1 rings (SSSR count). The maximum atomic E-state index is 12.3. The summed E-state index contributed by atoms with van der Waals surface area (Å²) in [6.45, 7) is 13.4. The van der Waals surface area contributed by atoms with Crippen molar-refractivity contribution in [3.63, 3.8) is 0 Å². The monoisotopic (exact) mass is 396 g/mol. The standard InChI is InChI=1S/C23H44O3Si/c1-7-8-9-10-11-12-13-14-15-16-17-18-19-20(22(25)26-21(19)24)27(5,6)23(2,3)4/h22,25H,7-18H2,1-6H3. The molecule has 0 amide bonds. The zero-order valence-electron chi connectivity index (χ0n) is 18.8. The number of carbonyl (C=O) groups is 1. The van der Waals surface area contributed by atoms with Gasteiger partial charge in [-0.3, -0.25) is 0 Å². The first-order valence-corrected chi connectivity index (χ1v) is 14.3. The van der Waals surface area contributed by atoms with Crippen molar-refractivity contribution in [2.24, 2.45) is 0 Å². The van der Waals surface area contributed by atoms with Gasteiger partial charge in [0.15, 0.2) is 0 Å². The minimum absolute atomic E-state index is 0.0830. The predicted octanol–water partition coefficient (Wildman–Crippen LogP) is 6.91. The van der Waals surface area contributed by atoms with E-state index in [-0.39, 0.29) is 11.0 Å². The van der Waals surface area contributed by atoms with E-state index in [9.17, 15) is 9.90 Å². The van der Waals surface area contributed by atoms with E-state index in [2.05, 4.69) is 40.8 Å². The number of hydrogen-bond acceptors (Lipinski definition) is 3. The first-order valence-electron chi connectivity index (χ1n) is 11.3. The molecular formula is C23H44O3Si. The molecule has 0 spiro atoms. The summed E-state index contributed by atoms with van der Waals surface area (Å²) in [4.78, 5) is 12.3. The largest absolute Gasteiger partial charge is 0.429 e. The van der Waals surface area contributed by atoms with Gasteiger partial charge >= 0.3 is 5.97 Å². The molecule has 0 bridgehead atoms. The van der Waals surface area contributed by atoms with E-state index in [1.54, 1.807) is 0 Å². The molecule has 1 N–H and O–H groups in total. The second-order valence-electron chi connectivity index (χ2n) is 9.81. The van der Waals surface area contributed by atoms with Crippen LogP contribution in [0.5, 0.6) is 0 Å². The second kappa shape index (κ2) is 11.4. The summed E-state index contributed by atoms with van der Waals surface area (Å²) in [6, 6.07) is 0. The lowest BCUT2D eigenvalue weighted by molar-refractivity contribution is -0.151. The van der Waals surface area contributed by atoms with Gasteiger partial charge in [0, 0.05) is 5.57 Å². The number of esters is 1. The van der Waals surface area contributed by atoms with Crippen LogP contribution in [0.2, 0.25) is 18.1 Å². The van der Waals surface area contributed by atoms with Crippen LogP contribution in [0.25, 0.3) is 0 Å². The van der Waals surface area contributed by atoms with Crippen LogP contribution >= 0.6 is 0 Å². The molecule has 1 heterocycles. The highest BCUT2D eigenvalue weighted by molar-refractivity contribution is 6.87. The van der Waals surface area contributed by atoms with Gasteiger partial charge in [-0.25, -0.2) is 4.79 Å². The molecule has 1 atom stereocenters. The highest BCUT2D eigenvalue weighted by atomic mass is 28.3. The maximum Gasteiger partial charge on any atom is 0.336 e. The molecule has 1 aliphatic rings. The summed E-state index contributed by atoms with van der Waals surface area (Å²) < 4.78 is 5.20. The number of cyclic esters (lactones) is 1. The Morgan fingerprint density at radius 2 is 1.33 bits per heavy atom. The van der Waals surface area contributed by atoms with Gasteiger partial charge in [-0.15, -0.1) is 0 Å². The third-order valence-electron chi connectivity index (χ3n) is 6.62. The number of aliphatic hydroxyl groups excluding tert-OH is 1. The van der Waals surface area contributed by atoms with Crippen molar-refractivity contribution in [3.05, 3.63) is 10.8 Å². The van der Waals surface area contributed by atoms with Gasteiger partial charge in [-0.2, -0.15) is 0 Å². The summed E-state index contributed by atoms with van der Waals surface area (Å²) in [5, 5.41) is 11.4. The zero-order chi connectivity index (χ0) is 20.5. The highest BCUT2D eigenvalue weighted by Gasteiger charge is 2.47. The van der Waals surface area contributed by atoms with Crippen LogP contribution in [0.1, 0.15) is 105 Å². The molecule has 4 heteroatoms. The Labute approximate surface area is 169 Å². The fourth-order valence-electron chi connectivity index (χ4n) is 3.78. The van der Waals surface area contributed by atoms with Gasteiger partial charge in [-0.05, 0) is 23.1 Å². The van der Waals surface area contributed by atoms with E-state index >= 15 is 0 Å². The Bertz CT molecular complexity index is 488.